The van der Waals surface area contributed by atoms with Crippen molar-refractivity contribution in [3.63, 3.8) is 0 Å². The molecule has 1 aliphatic heterocycles. The molecule has 0 atom stereocenters. The van der Waals surface area contributed by atoms with Gasteiger partial charge in [-0.2, -0.15) is 0 Å². The van der Waals surface area contributed by atoms with E-state index >= 15 is 0 Å². The number of amides is 1. The molecule has 0 radical (unpaired) electrons. The zero-order valence-electron chi connectivity index (χ0n) is 11.1. The number of aromatic nitrogens is 3. The van der Waals surface area contributed by atoms with E-state index in [0.717, 1.165) is 19.0 Å². The van der Waals surface area contributed by atoms with Gasteiger partial charge >= 0.3 is 0 Å². The molecular formula is C14H12ClFN4O. The normalized spacial score (nSPS) is 15.3. The maximum Gasteiger partial charge on any atom is 0.228 e. The average Bonchev–Trinajstić information content (AvgIpc) is 2.50. The van der Waals surface area contributed by atoms with Gasteiger partial charge < -0.3 is 0 Å². The molecule has 7 heteroatoms. The number of carbonyl (C=O) groups excluding carboxylic acids is 1. The highest BCUT2D eigenvalue weighted by Crippen LogP contribution is 2.24. The molecule has 0 saturated carbocycles. The second-order valence-corrected chi connectivity index (χ2v) is 5.06. The molecule has 0 aliphatic carbocycles. The van der Waals surface area contributed by atoms with Crippen molar-refractivity contribution in [2.45, 2.75) is 19.3 Å². The van der Waals surface area contributed by atoms with Crippen LogP contribution in [-0.4, -0.2) is 27.4 Å². The topological polar surface area (TPSA) is 59.0 Å². The van der Waals surface area contributed by atoms with Crippen LogP contribution in [0.2, 0.25) is 5.28 Å². The molecule has 0 spiro atoms. The van der Waals surface area contributed by atoms with E-state index in [-0.39, 0.29) is 16.9 Å². The van der Waals surface area contributed by atoms with Crippen LogP contribution in [0.1, 0.15) is 19.3 Å². The van der Waals surface area contributed by atoms with Crippen molar-refractivity contribution in [2.24, 2.45) is 0 Å². The summed E-state index contributed by atoms with van der Waals surface area (Å²) in [5.74, 6) is -0.0625. The van der Waals surface area contributed by atoms with E-state index in [1.165, 1.54) is 0 Å². The van der Waals surface area contributed by atoms with Gasteiger partial charge in [0.05, 0.1) is 11.9 Å². The number of rotatable bonds is 2. The first kappa shape index (κ1) is 13.9. The molecule has 1 amide bonds. The Labute approximate surface area is 125 Å². The number of hydrogen-bond donors (Lipinski definition) is 0. The first-order valence-electron chi connectivity index (χ1n) is 6.61. The Balaban J connectivity index is 2.00. The van der Waals surface area contributed by atoms with Crippen molar-refractivity contribution in [3.8, 4) is 11.4 Å². The Kier molecular flexibility index (Phi) is 3.79. The van der Waals surface area contributed by atoms with Gasteiger partial charge in [-0.05, 0) is 36.6 Å². The molecule has 21 heavy (non-hydrogen) atoms. The lowest BCUT2D eigenvalue weighted by Crippen LogP contribution is -2.35. The molecule has 108 valence electrons. The third-order valence-corrected chi connectivity index (χ3v) is 3.47. The molecule has 1 aliphatic rings. The predicted octanol–water partition coefficient (Wildman–Crippen LogP) is 2.85. The van der Waals surface area contributed by atoms with Gasteiger partial charge in [0.1, 0.15) is 11.5 Å². The molecule has 0 aromatic carbocycles. The van der Waals surface area contributed by atoms with E-state index in [2.05, 4.69) is 15.0 Å². The molecule has 0 unspecified atom stereocenters. The van der Waals surface area contributed by atoms with Gasteiger partial charge in [0.15, 0.2) is 5.82 Å². The van der Waals surface area contributed by atoms with Crippen molar-refractivity contribution in [2.75, 3.05) is 11.4 Å². The van der Waals surface area contributed by atoms with Gasteiger partial charge in [0.2, 0.25) is 11.2 Å². The second-order valence-electron chi connectivity index (χ2n) is 4.72. The zero-order chi connectivity index (χ0) is 14.8. The molecule has 1 fully saturated rings. The van der Waals surface area contributed by atoms with Crippen LogP contribution in [0.3, 0.4) is 0 Å². The number of piperidine rings is 1. The highest BCUT2D eigenvalue weighted by molar-refractivity contribution is 6.28. The van der Waals surface area contributed by atoms with Gasteiger partial charge in [-0.1, -0.05) is 6.07 Å². The van der Waals surface area contributed by atoms with E-state index in [1.54, 1.807) is 23.1 Å². The van der Waals surface area contributed by atoms with E-state index in [9.17, 15) is 9.18 Å². The maximum absolute atomic E-state index is 13.8. The third-order valence-electron chi connectivity index (χ3n) is 3.29. The van der Waals surface area contributed by atoms with E-state index in [1.807, 2.05) is 0 Å². The van der Waals surface area contributed by atoms with Crippen LogP contribution >= 0.6 is 11.6 Å². The number of pyridine rings is 1. The van der Waals surface area contributed by atoms with Crippen molar-refractivity contribution in [1.29, 1.82) is 0 Å². The molecule has 1 saturated heterocycles. The molecule has 0 N–H and O–H groups in total. The fraction of sp³-hybridized carbons (Fsp3) is 0.286. The number of nitrogens with zero attached hydrogens (tertiary/aromatic N) is 4. The minimum Gasteiger partial charge on any atom is -0.297 e. The predicted molar refractivity (Wildman–Crippen MR) is 76.4 cm³/mol. The molecular weight excluding hydrogens is 295 g/mol. The molecule has 0 bridgehead atoms. The Morgan fingerprint density at radius 2 is 2.10 bits per heavy atom. The fourth-order valence-electron chi connectivity index (χ4n) is 2.28. The standard InChI is InChI=1S/C14H12ClFN4O/c15-14-17-8-9(16)13(19-14)10-4-3-5-11(18-10)20-7-2-1-6-12(20)21/h3-5,8H,1-2,6-7H2. The first-order valence-corrected chi connectivity index (χ1v) is 6.99. The SMILES string of the molecule is O=C1CCCCN1c1cccc(-c2nc(Cl)ncc2F)n1. The number of halogens is 2. The monoisotopic (exact) mass is 306 g/mol. The van der Waals surface area contributed by atoms with Crippen LogP contribution in [0.5, 0.6) is 0 Å². The smallest absolute Gasteiger partial charge is 0.228 e. The summed E-state index contributed by atoms with van der Waals surface area (Å²) in [6, 6.07) is 5.07. The fourth-order valence-corrected chi connectivity index (χ4v) is 2.41. The summed E-state index contributed by atoms with van der Waals surface area (Å²) in [6.45, 7) is 0.627. The summed E-state index contributed by atoms with van der Waals surface area (Å²) in [7, 11) is 0. The number of anilines is 1. The first-order chi connectivity index (χ1) is 10.1. The minimum absolute atomic E-state index is 0.0290. The second kappa shape index (κ2) is 5.73. The van der Waals surface area contributed by atoms with E-state index < -0.39 is 5.82 Å². The van der Waals surface area contributed by atoms with Crippen LogP contribution < -0.4 is 4.90 Å². The van der Waals surface area contributed by atoms with Crippen LogP contribution in [0.25, 0.3) is 11.4 Å². The van der Waals surface area contributed by atoms with Crippen LogP contribution in [-0.2, 0) is 4.79 Å². The van der Waals surface area contributed by atoms with E-state index in [0.29, 0.717) is 24.5 Å². The Hall–Kier alpha value is -2.08. The Morgan fingerprint density at radius 1 is 1.24 bits per heavy atom. The summed E-state index contributed by atoms with van der Waals surface area (Å²) < 4.78 is 13.8. The Bertz CT molecular complexity index is 694. The van der Waals surface area contributed by atoms with Gasteiger partial charge in [-0.25, -0.2) is 19.3 Å². The lowest BCUT2D eigenvalue weighted by Gasteiger charge is -2.25. The van der Waals surface area contributed by atoms with Gasteiger partial charge in [-0.15, -0.1) is 0 Å². The molecule has 3 heterocycles. The van der Waals surface area contributed by atoms with Crippen LogP contribution in [0, 0.1) is 5.82 Å². The highest BCUT2D eigenvalue weighted by atomic mass is 35.5. The number of hydrogen-bond acceptors (Lipinski definition) is 4. The summed E-state index contributed by atoms with van der Waals surface area (Å²) >= 11 is 5.70. The summed E-state index contributed by atoms with van der Waals surface area (Å²) in [5, 5.41) is -0.0485. The zero-order valence-corrected chi connectivity index (χ0v) is 11.8. The van der Waals surface area contributed by atoms with Crippen molar-refractivity contribution >= 4 is 23.3 Å². The lowest BCUT2D eigenvalue weighted by atomic mass is 10.1. The lowest BCUT2D eigenvalue weighted by molar-refractivity contribution is -0.119. The number of carbonyl (C=O) groups is 1. The average molecular weight is 307 g/mol. The molecule has 2 aromatic heterocycles. The van der Waals surface area contributed by atoms with Gasteiger partial charge in [0.25, 0.3) is 0 Å². The van der Waals surface area contributed by atoms with Gasteiger partial charge in [-0.3, -0.25) is 9.69 Å². The van der Waals surface area contributed by atoms with Crippen molar-refractivity contribution < 1.29 is 9.18 Å². The summed E-state index contributed by atoms with van der Waals surface area (Å²) in [6.07, 6.45) is 3.35. The maximum atomic E-state index is 13.8. The Morgan fingerprint density at radius 3 is 2.90 bits per heavy atom. The third kappa shape index (κ3) is 2.85. The van der Waals surface area contributed by atoms with Gasteiger partial charge in [0, 0.05) is 13.0 Å². The highest BCUT2D eigenvalue weighted by Gasteiger charge is 2.21. The molecule has 2 aromatic rings. The van der Waals surface area contributed by atoms with Crippen molar-refractivity contribution in [1.82, 2.24) is 15.0 Å². The largest absolute Gasteiger partial charge is 0.297 e. The molecule has 3 rings (SSSR count). The molecule has 5 nitrogen and oxygen atoms in total. The quantitative estimate of drug-likeness (QED) is 0.801. The van der Waals surface area contributed by atoms with Crippen molar-refractivity contribution in [3.05, 3.63) is 35.5 Å². The van der Waals surface area contributed by atoms with E-state index in [4.69, 9.17) is 11.6 Å². The van der Waals surface area contributed by atoms with Crippen LogP contribution in [0.4, 0.5) is 10.2 Å². The minimum atomic E-state index is -0.603. The summed E-state index contributed by atoms with van der Waals surface area (Å²) in [4.78, 5) is 25.3. The van der Waals surface area contributed by atoms with Crippen LogP contribution in [0.15, 0.2) is 24.4 Å². The summed E-state index contributed by atoms with van der Waals surface area (Å²) in [5.41, 5.74) is 0.356.